The number of imidazole rings is 1. The molecule has 1 unspecified atom stereocenters. The summed E-state index contributed by atoms with van der Waals surface area (Å²) in [5.41, 5.74) is 11.9. The van der Waals surface area contributed by atoms with Crippen molar-refractivity contribution in [1.29, 1.82) is 0 Å². The van der Waals surface area contributed by atoms with Gasteiger partial charge in [-0.05, 0) is 25.1 Å². The molecule has 6 aromatic rings. The summed E-state index contributed by atoms with van der Waals surface area (Å²) in [5, 5.41) is 13.5. The van der Waals surface area contributed by atoms with Gasteiger partial charge in [0.1, 0.15) is 0 Å². The third-order valence-electron chi connectivity index (χ3n) is 6.12. The lowest BCUT2D eigenvalue weighted by Crippen LogP contribution is -2.29. The minimum atomic E-state index is -0.379. The lowest BCUT2D eigenvalue weighted by atomic mass is 10.00. The predicted molar refractivity (Wildman–Crippen MR) is 148 cm³/mol. The molecule has 1 amide bonds. The fourth-order valence-corrected chi connectivity index (χ4v) is 5.18. The number of pyridine rings is 1. The molecule has 0 spiro atoms. The third-order valence-corrected chi connectivity index (χ3v) is 7.04. The van der Waals surface area contributed by atoms with Gasteiger partial charge in [0.2, 0.25) is 0 Å². The summed E-state index contributed by atoms with van der Waals surface area (Å²) in [6, 6.07) is 15.1. The lowest BCUT2D eigenvalue weighted by Gasteiger charge is -2.18. The maximum absolute atomic E-state index is 13.3. The number of nitrogens with zero attached hydrogens (tertiary/aromatic N) is 6. The Balaban J connectivity index is 1.40. The zero-order valence-electron chi connectivity index (χ0n) is 20.6. The molecule has 0 aliphatic heterocycles. The number of aryl methyl sites for hydroxylation is 1. The Labute approximate surface area is 222 Å². The molecule has 5 heterocycles. The minimum absolute atomic E-state index is 0.125. The van der Waals surface area contributed by atoms with E-state index in [-0.39, 0.29) is 23.5 Å². The van der Waals surface area contributed by atoms with E-state index in [1.54, 1.807) is 40.5 Å². The summed E-state index contributed by atoms with van der Waals surface area (Å²) in [6.07, 6.45) is 5.20. The van der Waals surface area contributed by atoms with E-state index in [0.29, 0.717) is 5.65 Å². The highest BCUT2D eigenvalue weighted by molar-refractivity contribution is 7.17. The fraction of sp³-hybridized carbons (Fsp3) is 0.107. The van der Waals surface area contributed by atoms with E-state index in [4.69, 9.17) is 10.7 Å². The van der Waals surface area contributed by atoms with E-state index in [0.717, 1.165) is 38.2 Å². The van der Waals surface area contributed by atoms with Crippen LogP contribution in [0.4, 0.5) is 5.82 Å². The Morgan fingerprint density at radius 3 is 2.74 bits per heavy atom. The van der Waals surface area contributed by atoms with Gasteiger partial charge in [0.15, 0.2) is 17.2 Å². The van der Waals surface area contributed by atoms with Gasteiger partial charge in [0.05, 0.1) is 39.3 Å². The number of aromatic nitrogens is 6. The molecular weight excluding hydrogens is 496 g/mol. The Morgan fingerprint density at radius 1 is 1.11 bits per heavy atom. The molecule has 0 radical (unpaired) electrons. The molecule has 3 N–H and O–H groups in total. The van der Waals surface area contributed by atoms with E-state index < -0.39 is 0 Å². The average Bonchev–Trinajstić information content (AvgIpc) is 3.62. The number of benzene rings is 1. The van der Waals surface area contributed by atoms with Crippen LogP contribution >= 0.6 is 11.3 Å². The van der Waals surface area contributed by atoms with Crippen LogP contribution in [0, 0.1) is 11.8 Å². The van der Waals surface area contributed by atoms with Gasteiger partial charge in [-0.15, -0.1) is 11.3 Å². The van der Waals surface area contributed by atoms with Crippen molar-refractivity contribution in [2.24, 2.45) is 7.05 Å². The number of rotatable bonds is 4. The molecule has 1 aromatic carbocycles. The predicted octanol–water partition coefficient (Wildman–Crippen LogP) is 4.21. The molecule has 9 nitrogen and oxygen atoms in total. The van der Waals surface area contributed by atoms with Gasteiger partial charge in [0.25, 0.3) is 5.91 Å². The topological polar surface area (TPSA) is 116 Å². The number of hydrogen-bond donors (Lipinski definition) is 2. The number of fused-ring (bicyclic) bond motifs is 2. The number of nitrogen functional groups attached to an aromatic ring is 1. The van der Waals surface area contributed by atoms with E-state index in [2.05, 4.69) is 38.4 Å². The second-order valence-corrected chi connectivity index (χ2v) is 9.69. The summed E-state index contributed by atoms with van der Waals surface area (Å²) >= 11 is 1.57. The number of nitrogens with one attached hydrogen (secondary N) is 1. The summed E-state index contributed by atoms with van der Waals surface area (Å²) in [4.78, 5) is 22.6. The van der Waals surface area contributed by atoms with Crippen LogP contribution in [-0.2, 0) is 7.05 Å². The number of anilines is 1. The number of thiophene rings is 1. The normalized spacial score (nSPS) is 11.8. The number of hydrogen-bond acceptors (Lipinski definition) is 7. The minimum Gasteiger partial charge on any atom is -0.382 e. The number of carbonyl (C=O) groups is 1. The smallest absolute Gasteiger partial charge is 0.274 e. The zero-order chi connectivity index (χ0) is 26.2. The molecule has 0 saturated carbocycles. The molecule has 186 valence electrons. The van der Waals surface area contributed by atoms with Crippen LogP contribution in [0.15, 0.2) is 72.5 Å². The highest BCUT2D eigenvalue weighted by atomic mass is 32.1. The van der Waals surface area contributed by atoms with Crippen molar-refractivity contribution in [2.75, 3.05) is 5.73 Å². The Kier molecular flexibility index (Phi) is 5.82. The van der Waals surface area contributed by atoms with Crippen molar-refractivity contribution in [2.45, 2.75) is 13.0 Å². The molecule has 10 heteroatoms. The van der Waals surface area contributed by atoms with E-state index in [1.807, 2.05) is 55.9 Å². The number of amides is 1. The maximum atomic E-state index is 13.3. The van der Waals surface area contributed by atoms with Gasteiger partial charge in [-0.25, -0.2) is 14.5 Å². The molecule has 6 rings (SSSR count). The van der Waals surface area contributed by atoms with Crippen molar-refractivity contribution in [3.05, 3.63) is 94.9 Å². The van der Waals surface area contributed by atoms with E-state index in [9.17, 15) is 4.79 Å². The molecule has 1 atom stereocenters. The molecule has 0 bridgehead atoms. The van der Waals surface area contributed by atoms with Crippen LogP contribution < -0.4 is 11.1 Å². The average molecular weight is 519 g/mol. The Bertz CT molecular complexity index is 1870. The number of nitrogens with two attached hydrogens (primary N) is 1. The maximum Gasteiger partial charge on any atom is 0.274 e. The molecular formula is C28H22N8OS. The fourth-order valence-electron chi connectivity index (χ4n) is 4.30. The monoisotopic (exact) mass is 518 g/mol. The Hall–Kier alpha value is -5.01. The molecule has 0 fully saturated rings. The van der Waals surface area contributed by atoms with Crippen molar-refractivity contribution in [3.8, 4) is 23.1 Å². The lowest BCUT2D eigenvalue weighted by molar-refractivity contribution is 0.0934. The first-order chi connectivity index (χ1) is 18.5. The number of carbonyl (C=O) groups excluding carboxylic acids is 1. The highest BCUT2D eigenvalue weighted by Crippen LogP contribution is 2.34. The van der Waals surface area contributed by atoms with Gasteiger partial charge in [0, 0.05) is 35.9 Å². The molecule has 0 aliphatic rings. The van der Waals surface area contributed by atoms with Crippen LogP contribution in [0.3, 0.4) is 0 Å². The van der Waals surface area contributed by atoms with E-state index >= 15 is 0 Å². The summed E-state index contributed by atoms with van der Waals surface area (Å²) in [5.74, 6) is 6.17. The second kappa shape index (κ2) is 9.46. The summed E-state index contributed by atoms with van der Waals surface area (Å²) < 4.78 is 4.15. The molecule has 5 aromatic heterocycles. The summed E-state index contributed by atoms with van der Waals surface area (Å²) in [6.45, 7) is 1.93. The standard InChI is InChI=1S/C28H22N8OS/c1-17(32-28(37)26-27(29)33-23-9-6-12-30-36(23)26)21-13-22-25(34-24(21)19-7-4-3-5-8-19)20(16-38-22)11-10-18-14-31-35(2)15-18/h3-9,12-17H,29H2,1-2H3,(H,32,37). The van der Waals surface area contributed by atoms with Crippen LogP contribution in [-0.4, -0.2) is 35.3 Å². The second-order valence-electron chi connectivity index (χ2n) is 8.78. The van der Waals surface area contributed by atoms with Crippen LogP contribution in [0.1, 0.15) is 40.1 Å². The van der Waals surface area contributed by atoms with Crippen molar-refractivity contribution in [3.63, 3.8) is 0 Å². The van der Waals surface area contributed by atoms with Gasteiger partial charge in [-0.2, -0.15) is 10.2 Å². The van der Waals surface area contributed by atoms with Crippen LogP contribution in [0.5, 0.6) is 0 Å². The van der Waals surface area contributed by atoms with Gasteiger partial charge in [-0.3, -0.25) is 9.48 Å². The quantitative estimate of drug-likeness (QED) is 0.338. The van der Waals surface area contributed by atoms with Crippen molar-refractivity contribution < 1.29 is 4.79 Å². The largest absolute Gasteiger partial charge is 0.382 e. The van der Waals surface area contributed by atoms with Gasteiger partial charge < -0.3 is 11.1 Å². The van der Waals surface area contributed by atoms with Crippen molar-refractivity contribution >= 4 is 38.9 Å². The van der Waals surface area contributed by atoms with Crippen molar-refractivity contribution in [1.82, 2.24) is 34.7 Å². The summed E-state index contributed by atoms with van der Waals surface area (Å²) in [7, 11) is 1.86. The van der Waals surface area contributed by atoms with Gasteiger partial charge in [-0.1, -0.05) is 42.2 Å². The SMILES string of the molecule is CC(NC(=O)c1c(N)nc2cccnn12)c1cc2scc(C#Cc3cnn(C)c3)c2nc1-c1ccccc1. The molecule has 0 saturated heterocycles. The van der Waals surface area contributed by atoms with Gasteiger partial charge >= 0.3 is 0 Å². The van der Waals surface area contributed by atoms with Crippen LogP contribution in [0.2, 0.25) is 0 Å². The third kappa shape index (κ3) is 4.25. The van der Waals surface area contributed by atoms with E-state index in [1.165, 1.54) is 4.52 Å². The molecule has 0 aliphatic carbocycles. The first-order valence-electron chi connectivity index (χ1n) is 11.9. The Morgan fingerprint density at radius 2 is 1.95 bits per heavy atom. The first-order valence-corrected chi connectivity index (χ1v) is 12.7. The van der Waals surface area contributed by atoms with Crippen LogP contribution in [0.25, 0.3) is 27.1 Å². The highest BCUT2D eigenvalue weighted by Gasteiger charge is 2.23. The molecule has 38 heavy (non-hydrogen) atoms. The first kappa shape index (κ1) is 23.4. The zero-order valence-corrected chi connectivity index (χ0v) is 21.4.